The standard InChI is InChI=1S/C10H9Cl2FN2O3S/c11-5-1-7(12)10(8(14)2-5)15-4-6(3-9(15)16)19(13,17)18/h1-2,6H,3-4,14H2. The van der Waals surface area contributed by atoms with Gasteiger partial charge in [0.15, 0.2) is 0 Å². The van der Waals surface area contributed by atoms with Crippen LogP contribution in [0.2, 0.25) is 10.0 Å². The van der Waals surface area contributed by atoms with Gasteiger partial charge in [0.2, 0.25) is 5.91 Å². The number of rotatable bonds is 2. The van der Waals surface area contributed by atoms with E-state index in [9.17, 15) is 17.1 Å². The lowest BCUT2D eigenvalue weighted by atomic mass is 10.2. The highest BCUT2D eigenvalue weighted by atomic mass is 35.5. The maximum absolute atomic E-state index is 12.9. The summed E-state index contributed by atoms with van der Waals surface area (Å²) < 4.78 is 34.6. The van der Waals surface area contributed by atoms with Crippen molar-refractivity contribution in [2.75, 3.05) is 17.2 Å². The summed E-state index contributed by atoms with van der Waals surface area (Å²) in [5.74, 6) is -0.554. The summed E-state index contributed by atoms with van der Waals surface area (Å²) in [6.45, 7) is -0.316. The monoisotopic (exact) mass is 326 g/mol. The van der Waals surface area contributed by atoms with Crippen LogP contribution in [0.15, 0.2) is 12.1 Å². The Morgan fingerprint density at radius 1 is 1.37 bits per heavy atom. The van der Waals surface area contributed by atoms with Gasteiger partial charge in [-0.05, 0) is 12.1 Å². The Bertz CT molecular complexity index is 627. The highest BCUT2D eigenvalue weighted by Gasteiger charge is 2.40. The summed E-state index contributed by atoms with van der Waals surface area (Å²) in [6, 6.07) is 2.76. The van der Waals surface area contributed by atoms with E-state index in [1.54, 1.807) is 0 Å². The Kier molecular flexibility index (Phi) is 3.63. The second kappa shape index (κ2) is 4.81. The van der Waals surface area contributed by atoms with Gasteiger partial charge in [-0.1, -0.05) is 23.2 Å². The fourth-order valence-electron chi connectivity index (χ4n) is 1.95. The van der Waals surface area contributed by atoms with Gasteiger partial charge < -0.3 is 10.6 Å². The van der Waals surface area contributed by atoms with Crippen LogP contribution in [0.4, 0.5) is 15.3 Å². The van der Waals surface area contributed by atoms with E-state index in [4.69, 9.17) is 28.9 Å². The predicted octanol–water partition coefficient (Wildman–Crippen LogP) is 1.98. The molecule has 1 unspecified atom stereocenters. The molecule has 1 atom stereocenters. The number of hydrogen-bond donors (Lipinski definition) is 1. The third-order valence-electron chi connectivity index (χ3n) is 2.82. The minimum absolute atomic E-state index is 0.107. The molecule has 2 rings (SSSR count). The zero-order valence-electron chi connectivity index (χ0n) is 9.44. The van der Waals surface area contributed by atoms with E-state index < -0.39 is 27.8 Å². The molecular formula is C10H9Cl2FN2O3S. The van der Waals surface area contributed by atoms with Crippen molar-refractivity contribution >= 4 is 50.7 Å². The largest absolute Gasteiger partial charge is 0.397 e. The quantitative estimate of drug-likeness (QED) is 0.665. The summed E-state index contributed by atoms with van der Waals surface area (Å²) in [5, 5.41) is -1.01. The number of benzene rings is 1. The van der Waals surface area contributed by atoms with Crippen molar-refractivity contribution in [1.82, 2.24) is 0 Å². The van der Waals surface area contributed by atoms with Crippen LogP contribution in [0.1, 0.15) is 6.42 Å². The maximum Gasteiger partial charge on any atom is 0.307 e. The molecule has 1 saturated heterocycles. The number of nitrogens with zero attached hydrogens (tertiary/aromatic N) is 1. The van der Waals surface area contributed by atoms with Gasteiger partial charge in [0, 0.05) is 18.0 Å². The Balaban J connectivity index is 2.42. The SMILES string of the molecule is Nc1cc(Cl)cc(Cl)c1N1CC(S(=O)(=O)F)CC1=O. The molecule has 9 heteroatoms. The van der Waals surface area contributed by atoms with Crippen LogP contribution in [-0.4, -0.2) is 26.1 Å². The van der Waals surface area contributed by atoms with Gasteiger partial charge in [-0.15, -0.1) is 3.89 Å². The molecular weight excluding hydrogens is 318 g/mol. The lowest BCUT2D eigenvalue weighted by molar-refractivity contribution is -0.117. The van der Waals surface area contributed by atoms with Crippen molar-refractivity contribution in [3.63, 3.8) is 0 Å². The van der Waals surface area contributed by atoms with Gasteiger partial charge in [0.25, 0.3) is 0 Å². The van der Waals surface area contributed by atoms with E-state index in [1.807, 2.05) is 0 Å². The van der Waals surface area contributed by atoms with Gasteiger partial charge >= 0.3 is 10.2 Å². The second-order valence-electron chi connectivity index (χ2n) is 4.13. The third kappa shape index (κ3) is 2.77. The van der Waals surface area contributed by atoms with Gasteiger partial charge in [0.1, 0.15) is 5.25 Å². The van der Waals surface area contributed by atoms with Crippen LogP contribution in [-0.2, 0) is 15.0 Å². The normalized spacial score (nSPS) is 20.1. The topological polar surface area (TPSA) is 80.5 Å². The van der Waals surface area contributed by atoms with E-state index >= 15 is 0 Å². The number of anilines is 2. The molecule has 1 fully saturated rings. The summed E-state index contributed by atoms with van der Waals surface area (Å²) in [6.07, 6.45) is -0.433. The van der Waals surface area contributed by atoms with Gasteiger partial charge in [-0.2, -0.15) is 8.42 Å². The molecule has 104 valence electrons. The highest BCUT2D eigenvalue weighted by Crippen LogP contribution is 2.38. The van der Waals surface area contributed by atoms with Crippen LogP contribution in [0.3, 0.4) is 0 Å². The molecule has 1 amide bonds. The van der Waals surface area contributed by atoms with Crippen molar-refractivity contribution < 1.29 is 17.1 Å². The van der Waals surface area contributed by atoms with Crippen molar-refractivity contribution in [1.29, 1.82) is 0 Å². The summed E-state index contributed by atoms with van der Waals surface area (Å²) >= 11 is 11.7. The van der Waals surface area contributed by atoms with Crippen LogP contribution >= 0.6 is 23.2 Å². The van der Waals surface area contributed by atoms with E-state index in [-0.39, 0.29) is 28.0 Å². The first-order chi connectivity index (χ1) is 8.70. The number of carbonyl (C=O) groups is 1. The van der Waals surface area contributed by atoms with E-state index in [0.717, 1.165) is 4.90 Å². The van der Waals surface area contributed by atoms with Gasteiger partial charge in [0.05, 0.1) is 16.4 Å². The Hall–Kier alpha value is -1.05. The Morgan fingerprint density at radius 2 is 2.00 bits per heavy atom. The first-order valence-electron chi connectivity index (χ1n) is 5.18. The minimum Gasteiger partial charge on any atom is -0.397 e. The maximum atomic E-state index is 12.9. The van der Waals surface area contributed by atoms with E-state index in [1.165, 1.54) is 12.1 Å². The van der Waals surface area contributed by atoms with E-state index in [2.05, 4.69) is 0 Å². The van der Waals surface area contributed by atoms with Gasteiger partial charge in [-0.3, -0.25) is 4.79 Å². The minimum atomic E-state index is -4.78. The first kappa shape index (κ1) is 14.4. The average Bonchev–Trinajstić information content (AvgIpc) is 2.59. The molecule has 1 aromatic carbocycles. The third-order valence-corrected chi connectivity index (χ3v) is 4.43. The van der Waals surface area contributed by atoms with Crippen molar-refractivity contribution in [2.24, 2.45) is 0 Å². The predicted molar refractivity (Wildman–Crippen MR) is 71.7 cm³/mol. The summed E-state index contributed by atoms with van der Waals surface area (Å²) in [7, 11) is -4.78. The van der Waals surface area contributed by atoms with Crippen molar-refractivity contribution in [3.05, 3.63) is 22.2 Å². The van der Waals surface area contributed by atoms with E-state index in [0.29, 0.717) is 0 Å². The fourth-order valence-corrected chi connectivity index (χ4v) is 3.23. The Morgan fingerprint density at radius 3 is 2.47 bits per heavy atom. The number of hydrogen-bond acceptors (Lipinski definition) is 4. The van der Waals surface area contributed by atoms with Crippen LogP contribution in [0.5, 0.6) is 0 Å². The number of carbonyl (C=O) groups excluding carboxylic acids is 1. The first-order valence-corrected chi connectivity index (χ1v) is 7.38. The number of nitrogen functional groups attached to an aromatic ring is 1. The molecule has 0 spiro atoms. The van der Waals surface area contributed by atoms with Gasteiger partial charge in [-0.25, -0.2) is 0 Å². The van der Waals surface area contributed by atoms with Crippen LogP contribution in [0.25, 0.3) is 0 Å². The molecule has 5 nitrogen and oxygen atoms in total. The molecule has 19 heavy (non-hydrogen) atoms. The number of halogens is 3. The number of amides is 1. The van der Waals surface area contributed by atoms with Crippen molar-refractivity contribution in [3.8, 4) is 0 Å². The smallest absolute Gasteiger partial charge is 0.307 e. The lowest BCUT2D eigenvalue weighted by Gasteiger charge is -2.20. The molecule has 1 heterocycles. The fraction of sp³-hybridized carbons (Fsp3) is 0.300. The average molecular weight is 327 g/mol. The molecule has 2 N–H and O–H groups in total. The molecule has 1 aliphatic heterocycles. The molecule has 0 bridgehead atoms. The summed E-state index contributed by atoms with van der Waals surface area (Å²) in [5.41, 5.74) is 6.00. The van der Waals surface area contributed by atoms with Crippen LogP contribution in [0, 0.1) is 0 Å². The zero-order valence-corrected chi connectivity index (χ0v) is 11.8. The van der Waals surface area contributed by atoms with Crippen molar-refractivity contribution in [2.45, 2.75) is 11.7 Å². The molecule has 1 aliphatic rings. The summed E-state index contributed by atoms with van der Waals surface area (Å²) in [4.78, 5) is 12.8. The molecule has 0 radical (unpaired) electrons. The molecule has 0 aromatic heterocycles. The molecule has 0 aliphatic carbocycles. The van der Waals surface area contributed by atoms with Crippen LogP contribution < -0.4 is 10.6 Å². The lowest BCUT2D eigenvalue weighted by Crippen LogP contribution is -2.28. The second-order valence-corrected chi connectivity index (χ2v) is 6.59. The zero-order chi connectivity index (χ0) is 14.4. The number of nitrogens with two attached hydrogens (primary N) is 1. The Labute approximate surface area is 119 Å². The highest BCUT2D eigenvalue weighted by molar-refractivity contribution is 7.87. The molecule has 0 saturated carbocycles. The molecule has 1 aromatic rings.